The number of nitrogens with one attached hydrogen (secondary N) is 2. The lowest BCUT2D eigenvalue weighted by Gasteiger charge is -2.40. The summed E-state index contributed by atoms with van der Waals surface area (Å²) in [5, 5.41) is 16.6. The molecule has 1 aliphatic carbocycles. The lowest BCUT2D eigenvalue weighted by molar-refractivity contribution is -0.0156. The Morgan fingerprint density at radius 3 is 2.83 bits per heavy atom. The van der Waals surface area contributed by atoms with Gasteiger partial charge in [0.05, 0.1) is 12.7 Å². The molecule has 2 heterocycles. The van der Waals surface area contributed by atoms with E-state index in [9.17, 15) is 9.59 Å². The van der Waals surface area contributed by atoms with Crippen LogP contribution in [0.15, 0.2) is 24.3 Å². The van der Waals surface area contributed by atoms with Crippen LogP contribution in [0.25, 0.3) is 0 Å². The normalized spacial score (nSPS) is 25.6. The standard InChI is InChI=1S/C27H41ClN4O4/c1-31(27(34)35)13-14-36-25(21-7-3-9-23(28)16-21)22-8-4-12-32(18-22)26(33)30-24-17-29-11-10-20(24)15-19-5-2-6-19/h3,7,9,16,19-20,22,24-25,29H,2,4-6,8,10-15,17-18H2,1H3,(H,30,33)(H,34,35)/t20-,22+,24+,25-/m0/s1. The molecule has 0 bridgehead atoms. The second kappa shape index (κ2) is 13.0. The Hall–Kier alpha value is -2.03. The van der Waals surface area contributed by atoms with E-state index >= 15 is 0 Å². The maximum Gasteiger partial charge on any atom is 0.407 e. The zero-order valence-electron chi connectivity index (χ0n) is 21.3. The molecule has 0 unspecified atom stereocenters. The molecule has 3 aliphatic rings. The molecule has 1 aromatic carbocycles. The summed E-state index contributed by atoms with van der Waals surface area (Å²) < 4.78 is 6.27. The van der Waals surface area contributed by atoms with Crippen molar-refractivity contribution in [3.8, 4) is 0 Å². The number of carbonyl (C=O) groups excluding carboxylic acids is 1. The first kappa shape index (κ1) is 27.0. The minimum absolute atomic E-state index is 0.0162. The van der Waals surface area contributed by atoms with Gasteiger partial charge in [0.15, 0.2) is 0 Å². The number of ether oxygens (including phenoxy) is 1. The van der Waals surface area contributed by atoms with E-state index in [0.29, 0.717) is 17.5 Å². The number of carbonyl (C=O) groups is 2. The Morgan fingerprint density at radius 2 is 2.11 bits per heavy atom. The zero-order chi connectivity index (χ0) is 25.5. The van der Waals surface area contributed by atoms with Gasteiger partial charge in [-0.25, -0.2) is 9.59 Å². The second-order valence-electron chi connectivity index (χ2n) is 10.7. The summed E-state index contributed by atoms with van der Waals surface area (Å²) in [6, 6.07) is 7.84. The van der Waals surface area contributed by atoms with Gasteiger partial charge in [-0.15, -0.1) is 0 Å². The van der Waals surface area contributed by atoms with Crippen molar-refractivity contribution < 1.29 is 19.4 Å². The lowest BCUT2D eigenvalue weighted by Crippen LogP contribution is -2.56. The van der Waals surface area contributed by atoms with E-state index in [-0.39, 0.29) is 37.2 Å². The number of likely N-dealkylation sites (N-methyl/N-ethyl adjacent to an activating group) is 1. The monoisotopic (exact) mass is 520 g/mol. The van der Waals surface area contributed by atoms with Crippen LogP contribution in [-0.4, -0.2) is 79.5 Å². The van der Waals surface area contributed by atoms with Crippen molar-refractivity contribution in [1.29, 1.82) is 0 Å². The van der Waals surface area contributed by atoms with Crippen molar-refractivity contribution in [3.05, 3.63) is 34.9 Å². The number of nitrogens with zero attached hydrogens (tertiary/aromatic N) is 2. The topological polar surface area (TPSA) is 94.1 Å². The van der Waals surface area contributed by atoms with Gasteiger partial charge in [-0.05, 0) is 61.8 Å². The number of benzene rings is 1. The van der Waals surface area contributed by atoms with Gasteiger partial charge in [-0.1, -0.05) is 43.0 Å². The Labute approximate surface area is 219 Å². The van der Waals surface area contributed by atoms with Crippen LogP contribution in [0.4, 0.5) is 9.59 Å². The third kappa shape index (κ3) is 7.26. The maximum absolute atomic E-state index is 13.4. The first-order valence-corrected chi connectivity index (χ1v) is 13.9. The van der Waals surface area contributed by atoms with Crippen molar-refractivity contribution in [2.45, 2.75) is 57.1 Å². The van der Waals surface area contributed by atoms with E-state index in [4.69, 9.17) is 21.4 Å². The quantitative estimate of drug-likeness (QED) is 0.442. The van der Waals surface area contributed by atoms with Crippen LogP contribution in [0.5, 0.6) is 0 Å². The second-order valence-corrected chi connectivity index (χ2v) is 11.2. The Kier molecular flexibility index (Phi) is 9.73. The molecule has 1 saturated carbocycles. The molecule has 0 radical (unpaired) electrons. The number of urea groups is 1. The van der Waals surface area contributed by atoms with Gasteiger partial charge < -0.3 is 30.3 Å². The number of hydrogen-bond donors (Lipinski definition) is 3. The summed E-state index contributed by atoms with van der Waals surface area (Å²) >= 11 is 6.28. The van der Waals surface area contributed by atoms with Gasteiger partial charge in [-0.3, -0.25) is 0 Å². The third-order valence-electron chi connectivity index (χ3n) is 8.20. The molecule has 3 fully saturated rings. The highest BCUT2D eigenvalue weighted by Gasteiger charge is 2.35. The van der Waals surface area contributed by atoms with Gasteiger partial charge in [0.1, 0.15) is 0 Å². The molecule has 200 valence electrons. The Morgan fingerprint density at radius 1 is 1.28 bits per heavy atom. The Balaban J connectivity index is 1.38. The zero-order valence-corrected chi connectivity index (χ0v) is 22.1. The molecule has 1 aromatic rings. The average molecular weight is 521 g/mol. The largest absolute Gasteiger partial charge is 0.465 e. The van der Waals surface area contributed by atoms with Crippen LogP contribution in [0, 0.1) is 17.8 Å². The minimum Gasteiger partial charge on any atom is -0.465 e. The molecule has 2 saturated heterocycles. The molecule has 3 N–H and O–H groups in total. The first-order valence-electron chi connectivity index (χ1n) is 13.5. The van der Waals surface area contributed by atoms with E-state index in [1.807, 2.05) is 29.2 Å². The lowest BCUT2D eigenvalue weighted by atomic mass is 9.75. The summed E-state index contributed by atoms with van der Waals surface area (Å²) in [5.41, 5.74) is 0.963. The highest BCUT2D eigenvalue weighted by atomic mass is 35.5. The fourth-order valence-corrected chi connectivity index (χ4v) is 6.01. The van der Waals surface area contributed by atoms with Crippen LogP contribution in [0.2, 0.25) is 5.02 Å². The molecule has 4 atom stereocenters. The van der Waals surface area contributed by atoms with Crippen molar-refractivity contribution in [3.63, 3.8) is 0 Å². The van der Waals surface area contributed by atoms with Crippen molar-refractivity contribution >= 4 is 23.7 Å². The van der Waals surface area contributed by atoms with Gasteiger partial charge in [0.2, 0.25) is 0 Å². The van der Waals surface area contributed by atoms with E-state index < -0.39 is 6.09 Å². The van der Waals surface area contributed by atoms with Crippen LogP contribution < -0.4 is 10.6 Å². The number of piperidine rings is 2. The van der Waals surface area contributed by atoms with Crippen LogP contribution >= 0.6 is 11.6 Å². The number of carboxylic acid groups (broad SMARTS) is 1. The van der Waals surface area contributed by atoms with E-state index in [1.54, 1.807) is 0 Å². The molecule has 9 heteroatoms. The van der Waals surface area contributed by atoms with Crippen LogP contribution in [0.3, 0.4) is 0 Å². The highest BCUT2D eigenvalue weighted by Crippen LogP contribution is 2.36. The van der Waals surface area contributed by atoms with Crippen molar-refractivity contribution in [2.75, 3.05) is 46.4 Å². The molecular weight excluding hydrogens is 480 g/mol. The number of halogens is 1. The first-order chi connectivity index (χ1) is 17.4. The smallest absolute Gasteiger partial charge is 0.407 e. The van der Waals surface area contributed by atoms with Gasteiger partial charge >= 0.3 is 12.1 Å². The van der Waals surface area contributed by atoms with E-state index in [1.165, 1.54) is 37.6 Å². The summed E-state index contributed by atoms with van der Waals surface area (Å²) in [4.78, 5) is 27.7. The van der Waals surface area contributed by atoms with E-state index in [0.717, 1.165) is 50.4 Å². The molecule has 3 amide bonds. The fraction of sp³-hybridized carbons (Fsp3) is 0.704. The van der Waals surface area contributed by atoms with Crippen molar-refractivity contribution in [2.24, 2.45) is 17.8 Å². The number of rotatable bonds is 9. The SMILES string of the molecule is CN(CCO[C@@H](c1cccc(Cl)c1)[C@@H]1CCCN(C(=O)N[C@@H]2CNCC[C@H]2CC2CCC2)C1)C(=O)O. The van der Waals surface area contributed by atoms with Gasteiger partial charge in [0.25, 0.3) is 0 Å². The predicted molar refractivity (Wildman–Crippen MR) is 140 cm³/mol. The van der Waals surface area contributed by atoms with Crippen LogP contribution in [0.1, 0.15) is 56.6 Å². The number of hydrogen-bond acceptors (Lipinski definition) is 4. The highest BCUT2D eigenvalue weighted by molar-refractivity contribution is 6.30. The van der Waals surface area contributed by atoms with Gasteiger partial charge in [0, 0.05) is 50.2 Å². The summed E-state index contributed by atoms with van der Waals surface area (Å²) in [6.45, 7) is 3.77. The number of likely N-dealkylation sites (tertiary alicyclic amines) is 1. The average Bonchev–Trinajstić information content (AvgIpc) is 2.84. The van der Waals surface area contributed by atoms with Gasteiger partial charge in [-0.2, -0.15) is 0 Å². The fourth-order valence-electron chi connectivity index (χ4n) is 5.81. The maximum atomic E-state index is 13.4. The van der Waals surface area contributed by atoms with Crippen LogP contribution in [-0.2, 0) is 4.74 Å². The molecule has 36 heavy (non-hydrogen) atoms. The minimum atomic E-state index is -0.980. The molecule has 4 rings (SSSR count). The molecule has 2 aliphatic heterocycles. The summed E-state index contributed by atoms with van der Waals surface area (Å²) in [5.74, 6) is 1.49. The number of amides is 3. The molecule has 0 spiro atoms. The Bertz CT molecular complexity index is 883. The summed E-state index contributed by atoms with van der Waals surface area (Å²) in [7, 11) is 1.53. The summed E-state index contributed by atoms with van der Waals surface area (Å²) in [6.07, 6.45) is 6.98. The molecular formula is C27H41ClN4O4. The van der Waals surface area contributed by atoms with E-state index in [2.05, 4.69) is 10.6 Å². The predicted octanol–water partition coefficient (Wildman–Crippen LogP) is 4.60. The molecule has 0 aromatic heterocycles. The van der Waals surface area contributed by atoms with Crippen molar-refractivity contribution in [1.82, 2.24) is 20.4 Å². The third-order valence-corrected chi connectivity index (χ3v) is 8.43. The molecule has 8 nitrogen and oxygen atoms in total.